The first-order valence-corrected chi connectivity index (χ1v) is 21.3. The van der Waals surface area contributed by atoms with E-state index in [0.29, 0.717) is 0 Å². The van der Waals surface area contributed by atoms with E-state index in [1.165, 1.54) is 22.3 Å². The molecule has 2 unspecified atom stereocenters. The first-order chi connectivity index (χ1) is 24.4. The number of fused-ring (bicyclic) bond motifs is 2. The fraction of sp³-hybridized carbons (Fsp3) is 0.174. The highest BCUT2D eigenvalue weighted by Crippen LogP contribution is 2.60. The zero-order valence-electron chi connectivity index (χ0n) is 28.7. The molecule has 0 amide bonds. The maximum absolute atomic E-state index is 16.5. The minimum atomic E-state index is -3.41. The summed E-state index contributed by atoms with van der Waals surface area (Å²) in [6, 6.07) is 51.2. The summed E-state index contributed by atoms with van der Waals surface area (Å²) < 4.78 is 33.0. The second kappa shape index (κ2) is 13.3. The van der Waals surface area contributed by atoms with Gasteiger partial charge in [0.25, 0.3) is 0 Å². The number of benzene rings is 6. The van der Waals surface area contributed by atoms with Crippen molar-refractivity contribution in [3.8, 4) is 0 Å². The first kappa shape index (κ1) is 32.7. The monoisotopic (exact) mass is 688 g/mol. The maximum atomic E-state index is 16.5. The Morgan fingerprint density at radius 1 is 0.540 bits per heavy atom. The number of hydrogen-bond donors (Lipinski definition) is 0. The average molecular weight is 689 g/mol. The van der Waals surface area contributed by atoms with Gasteiger partial charge in [0, 0.05) is 38.1 Å². The predicted molar refractivity (Wildman–Crippen MR) is 213 cm³/mol. The fourth-order valence-corrected chi connectivity index (χ4v) is 15.1. The van der Waals surface area contributed by atoms with Crippen LogP contribution in [0.3, 0.4) is 0 Å². The summed E-state index contributed by atoms with van der Waals surface area (Å²) >= 11 is 0. The Balaban J connectivity index is 1.53. The van der Waals surface area contributed by atoms with Gasteiger partial charge in [0.15, 0.2) is 14.3 Å². The molecule has 8 rings (SSSR count). The molecule has 0 radical (unpaired) electrons. The highest BCUT2D eigenvalue weighted by Gasteiger charge is 2.47. The van der Waals surface area contributed by atoms with Crippen molar-refractivity contribution in [2.45, 2.75) is 51.1 Å². The molecule has 6 aromatic carbocycles. The topological polar surface area (TPSA) is 34.1 Å². The molecule has 0 aliphatic heterocycles. The van der Waals surface area contributed by atoms with Gasteiger partial charge in [-0.1, -0.05) is 152 Å². The van der Waals surface area contributed by atoms with Gasteiger partial charge in [-0.25, -0.2) is 0 Å². The molecule has 0 spiro atoms. The lowest BCUT2D eigenvalue weighted by atomic mass is 9.74. The Morgan fingerprint density at radius 3 is 1.54 bits per heavy atom. The molecule has 248 valence electrons. The van der Waals surface area contributed by atoms with Crippen LogP contribution in [-0.4, -0.2) is 5.66 Å². The lowest BCUT2D eigenvalue weighted by molar-refractivity contribution is 0.576. The molecule has 4 heteroatoms. The highest BCUT2D eigenvalue weighted by atomic mass is 31.2. The lowest BCUT2D eigenvalue weighted by Crippen LogP contribution is -2.37. The minimum absolute atomic E-state index is 0.288. The molecule has 0 bridgehead atoms. The smallest absolute Gasteiger partial charge is 0.171 e. The molecule has 0 heterocycles. The van der Waals surface area contributed by atoms with Crippen molar-refractivity contribution in [1.29, 1.82) is 0 Å². The molecule has 0 aromatic heterocycles. The normalized spacial score (nSPS) is 17.4. The summed E-state index contributed by atoms with van der Waals surface area (Å²) in [5.74, 6) is -0.288. The third-order valence-electron chi connectivity index (χ3n) is 11.0. The van der Waals surface area contributed by atoms with Gasteiger partial charge in [-0.15, -0.1) is 0 Å². The van der Waals surface area contributed by atoms with Crippen LogP contribution in [0.4, 0.5) is 0 Å². The third-order valence-corrected chi connectivity index (χ3v) is 17.5. The van der Waals surface area contributed by atoms with Gasteiger partial charge >= 0.3 is 0 Å². The van der Waals surface area contributed by atoms with Gasteiger partial charge in [-0.3, -0.25) is 0 Å². The largest absolute Gasteiger partial charge is 0.313 e. The minimum Gasteiger partial charge on any atom is -0.313 e. The average Bonchev–Trinajstić information content (AvgIpc) is 3.19. The van der Waals surface area contributed by atoms with Gasteiger partial charge in [-0.05, 0) is 84.6 Å². The first-order valence-electron chi connectivity index (χ1n) is 17.8. The Labute approximate surface area is 296 Å². The van der Waals surface area contributed by atoms with Gasteiger partial charge in [0.1, 0.15) is 0 Å². The summed E-state index contributed by atoms with van der Waals surface area (Å²) in [4.78, 5) is 0. The van der Waals surface area contributed by atoms with Crippen LogP contribution in [0.2, 0.25) is 0 Å². The van der Waals surface area contributed by atoms with Crippen molar-refractivity contribution in [1.82, 2.24) is 0 Å². The zero-order valence-corrected chi connectivity index (χ0v) is 30.5. The molecule has 0 saturated carbocycles. The number of hydrogen-bond acceptors (Lipinski definition) is 2. The maximum Gasteiger partial charge on any atom is 0.171 e. The lowest BCUT2D eigenvalue weighted by Gasteiger charge is -2.41. The highest BCUT2D eigenvalue weighted by molar-refractivity contribution is 7.85. The van der Waals surface area contributed by atoms with E-state index in [-0.39, 0.29) is 5.92 Å². The van der Waals surface area contributed by atoms with E-state index < -0.39 is 19.9 Å². The van der Waals surface area contributed by atoms with Crippen LogP contribution in [0.25, 0.3) is 5.57 Å². The van der Waals surface area contributed by atoms with E-state index in [4.69, 9.17) is 0 Å². The molecule has 6 aromatic rings. The summed E-state index contributed by atoms with van der Waals surface area (Å²) in [5.41, 5.74) is 8.08. The van der Waals surface area contributed by atoms with Gasteiger partial charge in [0.05, 0.1) is 0 Å². The van der Waals surface area contributed by atoms with E-state index >= 15 is 9.13 Å². The van der Waals surface area contributed by atoms with Crippen LogP contribution in [0.5, 0.6) is 0 Å². The molecule has 0 saturated heterocycles. The van der Waals surface area contributed by atoms with Crippen LogP contribution >= 0.6 is 14.3 Å². The Bertz CT molecular complexity index is 2210. The molecule has 2 nitrogen and oxygen atoms in total. The van der Waals surface area contributed by atoms with E-state index in [9.17, 15) is 0 Å². The molecule has 2 aliphatic rings. The summed E-state index contributed by atoms with van der Waals surface area (Å²) in [6.45, 7) is 4.36. The quantitative estimate of drug-likeness (QED) is 0.157. The summed E-state index contributed by atoms with van der Waals surface area (Å²) in [7, 11) is -6.76. The molecule has 2 atom stereocenters. The van der Waals surface area contributed by atoms with E-state index in [0.717, 1.165) is 68.9 Å². The summed E-state index contributed by atoms with van der Waals surface area (Å²) in [5, 5.41) is 4.23. The predicted octanol–water partition coefficient (Wildman–Crippen LogP) is 9.44. The van der Waals surface area contributed by atoms with Crippen LogP contribution in [0, 0.1) is 6.92 Å². The van der Waals surface area contributed by atoms with E-state index in [1.807, 2.05) is 121 Å². The molecular formula is C46H42O2P2. The van der Waals surface area contributed by atoms with Gasteiger partial charge < -0.3 is 9.13 Å². The molecule has 0 N–H and O–H groups in total. The second-order valence-corrected chi connectivity index (χ2v) is 19.5. The van der Waals surface area contributed by atoms with Crippen molar-refractivity contribution < 1.29 is 9.13 Å². The molecule has 50 heavy (non-hydrogen) atoms. The summed E-state index contributed by atoms with van der Waals surface area (Å²) in [6.07, 6.45) is 6.42. The van der Waals surface area contributed by atoms with Gasteiger partial charge in [0.2, 0.25) is 0 Å². The molecule has 2 aliphatic carbocycles. The Hall–Kier alpha value is -4.48. The Morgan fingerprint density at radius 2 is 1.00 bits per heavy atom. The van der Waals surface area contributed by atoms with Crippen molar-refractivity contribution in [2.24, 2.45) is 0 Å². The van der Waals surface area contributed by atoms with E-state index in [1.54, 1.807) is 0 Å². The van der Waals surface area contributed by atoms with Crippen molar-refractivity contribution in [3.63, 3.8) is 0 Å². The van der Waals surface area contributed by atoms with Crippen LogP contribution < -0.4 is 26.5 Å². The number of rotatable bonds is 7. The Kier molecular flexibility index (Phi) is 8.72. The van der Waals surface area contributed by atoms with Crippen molar-refractivity contribution in [2.75, 3.05) is 0 Å². The van der Waals surface area contributed by atoms with Crippen molar-refractivity contribution in [3.05, 3.63) is 191 Å². The second-order valence-electron chi connectivity index (χ2n) is 13.8. The van der Waals surface area contributed by atoms with Crippen LogP contribution in [0.15, 0.2) is 158 Å². The van der Waals surface area contributed by atoms with Crippen molar-refractivity contribution >= 4 is 46.4 Å². The van der Waals surface area contributed by atoms with Gasteiger partial charge in [-0.2, -0.15) is 0 Å². The number of aryl methyl sites for hydroxylation is 1. The standard InChI is InChI=1S/C46H42O2P2/c1-33-31-43(49(47,35-19-7-3-8-20-35)36-21-9-4-10-22-36)45(41-29-17-15-27-39(33)41)46-42-30-18-16-28-40(42)34(2)32-44(46)50(48,37-23-11-5-12-24-37)38-25-13-6-14-26-38/h3-15,17,19-27,29,31-32,43,45H,16,18,28,30H2,1-2H3. The van der Waals surface area contributed by atoms with E-state index in [2.05, 4.69) is 50.3 Å². The fourth-order valence-electron chi connectivity index (χ4n) is 8.66. The third kappa shape index (κ3) is 5.33. The zero-order chi connectivity index (χ0) is 34.3. The SMILES string of the molecule is CC1=CC(P(=O)(c2ccccc2)c2ccccc2)C(c2c(P(=O)(c3ccccc3)c3ccccc3)cc(C)c3c2CCCC3)c2ccccc21. The molecule has 0 fully saturated rings. The van der Waals surface area contributed by atoms with Crippen LogP contribution in [-0.2, 0) is 22.0 Å². The number of allylic oxidation sites excluding steroid dienone is 2. The van der Waals surface area contributed by atoms with Crippen LogP contribution in [0.1, 0.15) is 59.1 Å². The molecular weight excluding hydrogens is 646 g/mol.